The summed E-state index contributed by atoms with van der Waals surface area (Å²) in [7, 11) is 1.69. The third kappa shape index (κ3) is 4.56. The van der Waals surface area contributed by atoms with E-state index in [1.807, 2.05) is 42.2 Å². The van der Waals surface area contributed by atoms with Crippen molar-refractivity contribution in [3.8, 4) is 5.75 Å². The summed E-state index contributed by atoms with van der Waals surface area (Å²) in [5, 5.41) is 3.67. The zero-order valence-electron chi connectivity index (χ0n) is 17.5. The van der Waals surface area contributed by atoms with Crippen LogP contribution in [0.3, 0.4) is 0 Å². The summed E-state index contributed by atoms with van der Waals surface area (Å²) in [5.41, 5.74) is 9.83. The van der Waals surface area contributed by atoms with Gasteiger partial charge in [0, 0.05) is 35.9 Å². The number of nitrogens with one attached hydrogen (secondary N) is 3. The van der Waals surface area contributed by atoms with E-state index in [-0.39, 0.29) is 12.1 Å². The molecule has 30 heavy (non-hydrogen) atoms. The minimum atomic E-state index is -0.0504. The van der Waals surface area contributed by atoms with E-state index in [0.717, 1.165) is 49.4 Å². The Bertz CT molecular complexity index is 899. The van der Waals surface area contributed by atoms with Crippen LogP contribution >= 0.6 is 11.6 Å². The highest BCUT2D eigenvalue weighted by Crippen LogP contribution is 2.32. The average Bonchev–Trinajstić information content (AvgIpc) is 3.27. The molecule has 0 aromatic heterocycles. The van der Waals surface area contributed by atoms with Crippen LogP contribution in [0.5, 0.6) is 5.75 Å². The normalized spacial score (nSPS) is 22.2. The summed E-state index contributed by atoms with van der Waals surface area (Å²) in [6.07, 6.45) is 3.02. The molecule has 2 saturated heterocycles. The van der Waals surface area contributed by atoms with Crippen LogP contribution < -0.4 is 20.9 Å². The number of anilines is 1. The maximum Gasteiger partial charge on any atom is 0.321 e. The third-order valence-corrected chi connectivity index (χ3v) is 6.74. The largest absolute Gasteiger partial charge is 0.497 e. The number of hydrogen-bond donors (Lipinski definition) is 3. The number of hydrogen-bond acceptors (Lipinski definition) is 4. The maximum atomic E-state index is 12.7. The van der Waals surface area contributed by atoms with E-state index in [0.29, 0.717) is 17.0 Å². The van der Waals surface area contributed by atoms with Crippen LogP contribution in [-0.4, -0.2) is 37.2 Å². The summed E-state index contributed by atoms with van der Waals surface area (Å²) in [6.45, 7) is 3.44. The molecule has 2 unspecified atom stereocenters. The predicted molar refractivity (Wildman–Crippen MR) is 120 cm³/mol. The number of methoxy groups -OCH3 is 1. The second-order valence-corrected chi connectivity index (χ2v) is 8.53. The molecular weight excluding hydrogens is 400 g/mol. The van der Waals surface area contributed by atoms with E-state index < -0.39 is 0 Å². The molecule has 0 bridgehead atoms. The molecule has 3 N–H and O–H groups in total. The highest BCUT2D eigenvalue weighted by atomic mass is 35.5. The van der Waals surface area contributed by atoms with E-state index in [1.54, 1.807) is 7.11 Å². The lowest BCUT2D eigenvalue weighted by molar-refractivity contribution is 0.169. The van der Waals surface area contributed by atoms with Crippen molar-refractivity contribution in [3.05, 3.63) is 58.6 Å². The molecule has 2 heterocycles. The van der Waals surface area contributed by atoms with Crippen molar-refractivity contribution >= 4 is 23.3 Å². The molecule has 0 aliphatic carbocycles. The molecule has 4 rings (SSSR count). The highest BCUT2D eigenvalue weighted by Gasteiger charge is 2.34. The fraction of sp³-hybridized carbons (Fsp3) is 0.435. The Morgan fingerprint density at radius 2 is 1.93 bits per heavy atom. The van der Waals surface area contributed by atoms with Crippen LogP contribution in [0, 0.1) is 12.8 Å². The van der Waals surface area contributed by atoms with Crippen molar-refractivity contribution in [1.29, 1.82) is 0 Å². The number of hydrazine groups is 1. The smallest absolute Gasteiger partial charge is 0.321 e. The SMILES string of the molecule is COc1cccc(C2CC(C3CCN(C(=O)Nc4cccc(Cl)c4C)CC3)NN2)c1. The molecule has 2 atom stereocenters. The van der Waals surface area contributed by atoms with Gasteiger partial charge in [-0.1, -0.05) is 29.8 Å². The molecule has 2 aromatic rings. The Labute approximate surface area is 182 Å². The fourth-order valence-electron chi connectivity index (χ4n) is 4.41. The van der Waals surface area contributed by atoms with Gasteiger partial charge in [0.25, 0.3) is 0 Å². The molecular formula is C23H29ClN4O2. The number of urea groups is 1. The summed E-state index contributed by atoms with van der Waals surface area (Å²) < 4.78 is 5.35. The summed E-state index contributed by atoms with van der Waals surface area (Å²) >= 11 is 6.16. The van der Waals surface area contributed by atoms with Gasteiger partial charge in [-0.05, 0) is 67.5 Å². The van der Waals surface area contributed by atoms with Crippen LogP contribution in [0.15, 0.2) is 42.5 Å². The van der Waals surface area contributed by atoms with Gasteiger partial charge in [0.15, 0.2) is 0 Å². The number of amides is 2. The van der Waals surface area contributed by atoms with Crippen molar-refractivity contribution in [1.82, 2.24) is 15.8 Å². The number of nitrogens with zero attached hydrogens (tertiary/aromatic N) is 1. The zero-order valence-corrected chi connectivity index (χ0v) is 18.2. The minimum absolute atomic E-state index is 0.0504. The van der Waals surface area contributed by atoms with Gasteiger partial charge in [0.1, 0.15) is 5.75 Å². The highest BCUT2D eigenvalue weighted by molar-refractivity contribution is 6.31. The lowest BCUT2D eigenvalue weighted by atomic mass is 9.86. The number of benzene rings is 2. The van der Waals surface area contributed by atoms with E-state index in [9.17, 15) is 4.79 Å². The number of halogens is 1. The van der Waals surface area contributed by atoms with Crippen LogP contribution in [0.4, 0.5) is 10.5 Å². The van der Waals surface area contributed by atoms with E-state index >= 15 is 0 Å². The molecule has 0 spiro atoms. The number of ether oxygens (including phenoxy) is 1. The Morgan fingerprint density at radius 3 is 2.70 bits per heavy atom. The summed E-state index contributed by atoms with van der Waals surface area (Å²) in [5.74, 6) is 1.43. The molecule has 2 aliphatic heterocycles. The van der Waals surface area contributed by atoms with E-state index in [1.165, 1.54) is 5.56 Å². The van der Waals surface area contributed by atoms with Gasteiger partial charge in [-0.3, -0.25) is 10.9 Å². The van der Waals surface area contributed by atoms with Gasteiger partial charge in [0.05, 0.1) is 7.11 Å². The Kier molecular flexibility index (Phi) is 6.46. The average molecular weight is 429 g/mol. The molecule has 6 nitrogen and oxygen atoms in total. The van der Waals surface area contributed by atoms with Gasteiger partial charge in [-0.15, -0.1) is 0 Å². The Hall–Kier alpha value is -2.28. The Morgan fingerprint density at radius 1 is 1.17 bits per heavy atom. The zero-order chi connectivity index (χ0) is 21.1. The molecule has 2 amide bonds. The van der Waals surface area contributed by atoms with Gasteiger partial charge in [-0.25, -0.2) is 4.79 Å². The van der Waals surface area contributed by atoms with Crippen molar-refractivity contribution in [2.45, 2.75) is 38.3 Å². The lowest BCUT2D eigenvalue weighted by Crippen LogP contribution is -2.45. The number of carbonyl (C=O) groups excluding carboxylic acids is 1. The third-order valence-electron chi connectivity index (χ3n) is 6.33. The number of rotatable bonds is 4. The Balaban J connectivity index is 1.29. The summed E-state index contributed by atoms with van der Waals surface area (Å²) in [6, 6.07) is 14.4. The van der Waals surface area contributed by atoms with Crippen molar-refractivity contribution < 1.29 is 9.53 Å². The second-order valence-electron chi connectivity index (χ2n) is 8.13. The number of likely N-dealkylation sites (tertiary alicyclic amines) is 1. The molecule has 0 radical (unpaired) electrons. The van der Waals surface area contributed by atoms with Crippen molar-refractivity contribution in [2.75, 3.05) is 25.5 Å². The number of carbonyl (C=O) groups is 1. The minimum Gasteiger partial charge on any atom is -0.497 e. The van der Waals surface area contributed by atoms with Crippen molar-refractivity contribution in [3.63, 3.8) is 0 Å². The molecule has 0 saturated carbocycles. The molecule has 2 fully saturated rings. The topological polar surface area (TPSA) is 65.6 Å². The van der Waals surface area contributed by atoms with Gasteiger partial charge < -0.3 is 15.0 Å². The first-order valence-electron chi connectivity index (χ1n) is 10.5. The first-order chi connectivity index (χ1) is 14.5. The quantitative estimate of drug-likeness (QED) is 0.670. The van der Waals surface area contributed by atoms with E-state index in [4.69, 9.17) is 16.3 Å². The molecule has 2 aromatic carbocycles. The van der Waals surface area contributed by atoms with Crippen LogP contribution in [0.25, 0.3) is 0 Å². The van der Waals surface area contributed by atoms with Crippen LogP contribution in [0.1, 0.15) is 36.4 Å². The predicted octanol–water partition coefficient (Wildman–Crippen LogP) is 4.51. The van der Waals surface area contributed by atoms with Crippen molar-refractivity contribution in [2.24, 2.45) is 5.92 Å². The van der Waals surface area contributed by atoms with E-state index in [2.05, 4.69) is 28.3 Å². The molecule has 160 valence electrons. The first-order valence-corrected chi connectivity index (χ1v) is 10.9. The number of piperidine rings is 1. The fourth-order valence-corrected chi connectivity index (χ4v) is 4.58. The van der Waals surface area contributed by atoms with Crippen LogP contribution in [0.2, 0.25) is 5.02 Å². The summed E-state index contributed by atoms with van der Waals surface area (Å²) in [4.78, 5) is 14.6. The second kappa shape index (κ2) is 9.25. The maximum absolute atomic E-state index is 12.7. The molecule has 2 aliphatic rings. The van der Waals surface area contributed by atoms with Crippen LogP contribution in [-0.2, 0) is 0 Å². The monoisotopic (exact) mass is 428 g/mol. The first kappa shape index (κ1) is 21.0. The standard InChI is InChI=1S/C23H29ClN4O2/c1-15-19(24)7-4-8-20(15)25-23(29)28-11-9-16(10-12-28)21-14-22(27-26-21)17-5-3-6-18(13-17)30-2/h3-8,13,16,21-22,26-27H,9-12,14H2,1-2H3,(H,25,29). The molecule has 7 heteroatoms. The van der Waals surface area contributed by atoms with Gasteiger partial charge in [0.2, 0.25) is 0 Å². The lowest BCUT2D eigenvalue weighted by Gasteiger charge is -2.34. The van der Waals surface area contributed by atoms with Gasteiger partial charge >= 0.3 is 6.03 Å². The van der Waals surface area contributed by atoms with Gasteiger partial charge in [-0.2, -0.15) is 0 Å².